The molecule has 1 aromatic carbocycles. The van der Waals surface area contributed by atoms with Crippen LogP contribution in [0.3, 0.4) is 0 Å². The molecule has 1 rings (SSSR count). The van der Waals surface area contributed by atoms with E-state index in [4.69, 9.17) is 0 Å². The number of amides is 1. The second-order valence-electron chi connectivity index (χ2n) is 3.99. The highest BCUT2D eigenvalue weighted by atomic mass is 127. The molecule has 0 fully saturated rings. The molecule has 1 N–H and O–H groups in total. The normalized spacial score (nSPS) is 10.4. The lowest BCUT2D eigenvalue weighted by molar-refractivity contribution is -0.120. The maximum atomic E-state index is 13.3. The molecule has 0 saturated heterocycles. The standard InChI is InChI=1S/C13H16F2INO/c14-11-6-4-5-10(13(11)15)9-12(18)17-8-3-1-2-7-16/h4-6H,1-3,7-9H2,(H,17,18). The van der Waals surface area contributed by atoms with E-state index in [9.17, 15) is 13.6 Å². The first-order chi connectivity index (χ1) is 8.65. The first-order valence-corrected chi connectivity index (χ1v) is 7.43. The number of hydrogen-bond donors (Lipinski definition) is 1. The first kappa shape index (κ1) is 15.3. The fourth-order valence-corrected chi connectivity index (χ4v) is 2.08. The summed E-state index contributed by atoms with van der Waals surface area (Å²) in [5.41, 5.74) is 0.0970. The Morgan fingerprint density at radius 2 is 2.00 bits per heavy atom. The Bertz CT molecular complexity index is 399. The van der Waals surface area contributed by atoms with Crippen molar-refractivity contribution >= 4 is 28.5 Å². The highest BCUT2D eigenvalue weighted by Crippen LogP contribution is 2.11. The van der Waals surface area contributed by atoms with Crippen LogP contribution in [-0.4, -0.2) is 16.9 Å². The lowest BCUT2D eigenvalue weighted by Crippen LogP contribution is -2.26. The monoisotopic (exact) mass is 367 g/mol. The predicted octanol–water partition coefficient (Wildman–Crippen LogP) is 3.23. The Morgan fingerprint density at radius 1 is 1.22 bits per heavy atom. The van der Waals surface area contributed by atoms with E-state index in [-0.39, 0.29) is 17.9 Å². The Labute approximate surface area is 119 Å². The lowest BCUT2D eigenvalue weighted by Gasteiger charge is -2.06. The molecule has 0 spiro atoms. The third kappa shape index (κ3) is 5.29. The van der Waals surface area contributed by atoms with Crippen molar-refractivity contribution in [2.45, 2.75) is 25.7 Å². The summed E-state index contributed by atoms with van der Waals surface area (Å²) in [4.78, 5) is 11.5. The quantitative estimate of drug-likeness (QED) is 0.448. The molecule has 1 aromatic rings. The van der Waals surface area contributed by atoms with Crippen molar-refractivity contribution in [2.24, 2.45) is 0 Å². The van der Waals surface area contributed by atoms with Gasteiger partial charge in [0.2, 0.25) is 5.91 Å². The molecule has 18 heavy (non-hydrogen) atoms. The van der Waals surface area contributed by atoms with Gasteiger partial charge in [-0.3, -0.25) is 4.79 Å². The van der Waals surface area contributed by atoms with Crippen LogP contribution in [0, 0.1) is 11.6 Å². The Morgan fingerprint density at radius 3 is 2.72 bits per heavy atom. The molecule has 0 bridgehead atoms. The van der Waals surface area contributed by atoms with Crippen molar-refractivity contribution in [3.05, 3.63) is 35.4 Å². The maximum Gasteiger partial charge on any atom is 0.224 e. The smallest absolute Gasteiger partial charge is 0.224 e. The molecule has 0 aliphatic heterocycles. The van der Waals surface area contributed by atoms with Crippen LogP contribution in [0.15, 0.2) is 18.2 Å². The zero-order valence-corrected chi connectivity index (χ0v) is 12.2. The summed E-state index contributed by atoms with van der Waals surface area (Å²) < 4.78 is 27.3. The van der Waals surface area contributed by atoms with E-state index in [2.05, 4.69) is 27.9 Å². The van der Waals surface area contributed by atoms with Crippen LogP contribution in [-0.2, 0) is 11.2 Å². The summed E-state index contributed by atoms with van der Waals surface area (Å²) in [5, 5.41) is 2.71. The van der Waals surface area contributed by atoms with E-state index in [1.165, 1.54) is 12.1 Å². The highest BCUT2D eigenvalue weighted by Gasteiger charge is 2.10. The third-order valence-corrected chi connectivity index (χ3v) is 3.28. The van der Waals surface area contributed by atoms with Crippen LogP contribution in [0.25, 0.3) is 0 Å². The summed E-state index contributed by atoms with van der Waals surface area (Å²) in [6, 6.07) is 3.87. The number of rotatable bonds is 7. The number of carbonyl (C=O) groups is 1. The summed E-state index contributed by atoms with van der Waals surface area (Å²) in [5.74, 6) is -2.12. The number of halogens is 3. The minimum Gasteiger partial charge on any atom is -0.356 e. The topological polar surface area (TPSA) is 29.1 Å². The van der Waals surface area contributed by atoms with Crippen molar-refractivity contribution in [1.82, 2.24) is 5.32 Å². The number of benzene rings is 1. The molecule has 0 saturated carbocycles. The largest absolute Gasteiger partial charge is 0.356 e. The molecular formula is C13H16F2INO. The van der Waals surface area contributed by atoms with Gasteiger partial charge in [0.25, 0.3) is 0 Å². The predicted molar refractivity (Wildman–Crippen MR) is 75.8 cm³/mol. The van der Waals surface area contributed by atoms with E-state index in [1.807, 2.05) is 0 Å². The van der Waals surface area contributed by atoms with Gasteiger partial charge in [0, 0.05) is 12.1 Å². The SMILES string of the molecule is O=C(Cc1cccc(F)c1F)NCCCCCI. The number of nitrogens with one attached hydrogen (secondary N) is 1. The van der Waals surface area contributed by atoms with Gasteiger partial charge in [0.1, 0.15) is 0 Å². The van der Waals surface area contributed by atoms with E-state index >= 15 is 0 Å². The van der Waals surface area contributed by atoms with Gasteiger partial charge in [0.15, 0.2) is 11.6 Å². The average molecular weight is 367 g/mol. The zero-order valence-electron chi connectivity index (χ0n) is 10.0. The number of alkyl halides is 1. The van der Waals surface area contributed by atoms with Crippen molar-refractivity contribution < 1.29 is 13.6 Å². The molecule has 0 unspecified atom stereocenters. The van der Waals surface area contributed by atoms with Crippen molar-refractivity contribution in [1.29, 1.82) is 0 Å². The van der Waals surface area contributed by atoms with Gasteiger partial charge in [-0.25, -0.2) is 8.78 Å². The number of carbonyl (C=O) groups excluding carboxylic acids is 1. The summed E-state index contributed by atoms with van der Waals surface area (Å²) in [6.45, 7) is 0.590. The zero-order chi connectivity index (χ0) is 13.4. The maximum absolute atomic E-state index is 13.3. The van der Waals surface area contributed by atoms with Gasteiger partial charge in [-0.05, 0) is 23.3 Å². The molecule has 1 amide bonds. The van der Waals surface area contributed by atoms with Gasteiger partial charge in [-0.1, -0.05) is 41.1 Å². The molecule has 0 aliphatic carbocycles. The van der Waals surface area contributed by atoms with Gasteiger partial charge >= 0.3 is 0 Å². The molecule has 0 heterocycles. The highest BCUT2D eigenvalue weighted by molar-refractivity contribution is 14.1. The lowest BCUT2D eigenvalue weighted by atomic mass is 10.1. The van der Waals surface area contributed by atoms with Crippen molar-refractivity contribution in [2.75, 3.05) is 11.0 Å². The van der Waals surface area contributed by atoms with Gasteiger partial charge in [0.05, 0.1) is 6.42 Å². The van der Waals surface area contributed by atoms with E-state index in [1.54, 1.807) is 0 Å². The van der Waals surface area contributed by atoms with Gasteiger partial charge in [-0.15, -0.1) is 0 Å². The number of unbranched alkanes of at least 4 members (excludes halogenated alkanes) is 2. The first-order valence-electron chi connectivity index (χ1n) is 5.90. The minimum atomic E-state index is -0.933. The van der Waals surface area contributed by atoms with Crippen LogP contribution in [0.2, 0.25) is 0 Å². The van der Waals surface area contributed by atoms with Gasteiger partial charge in [-0.2, -0.15) is 0 Å². The molecule has 2 nitrogen and oxygen atoms in total. The van der Waals surface area contributed by atoms with E-state index in [0.717, 1.165) is 29.8 Å². The second-order valence-corrected chi connectivity index (χ2v) is 5.07. The summed E-state index contributed by atoms with van der Waals surface area (Å²) in [6.07, 6.45) is 3.00. The fraction of sp³-hybridized carbons (Fsp3) is 0.462. The van der Waals surface area contributed by atoms with Crippen molar-refractivity contribution in [3.63, 3.8) is 0 Å². The third-order valence-electron chi connectivity index (χ3n) is 2.52. The number of hydrogen-bond acceptors (Lipinski definition) is 1. The summed E-state index contributed by atoms with van der Waals surface area (Å²) >= 11 is 2.31. The molecular weight excluding hydrogens is 351 g/mol. The van der Waals surface area contributed by atoms with Crippen LogP contribution < -0.4 is 5.32 Å². The van der Waals surface area contributed by atoms with E-state index in [0.29, 0.717) is 6.54 Å². The molecule has 0 atom stereocenters. The molecule has 0 aromatic heterocycles. The fourth-order valence-electron chi connectivity index (χ4n) is 1.54. The molecule has 5 heteroatoms. The molecule has 100 valence electrons. The average Bonchev–Trinajstić information content (AvgIpc) is 2.35. The Hall–Kier alpha value is -0.720. The second kappa shape index (κ2) is 8.39. The van der Waals surface area contributed by atoms with Crippen LogP contribution in [0.5, 0.6) is 0 Å². The summed E-state index contributed by atoms with van der Waals surface area (Å²) in [7, 11) is 0. The van der Waals surface area contributed by atoms with Crippen LogP contribution >= 0.6 is 22.6 Å². The minimum absolute atomic E-state index is 0.0970. The Balaban J connectivity index is 2.34. The molecule has 0 radical (unpaired) electrons. The van der Waals surface area contributed by atoms with E-state index < -0.39 is 11.6 Å². The Kier molecular flexibility index (Phi) is 7.15. The van der Waals surface area contributed by atoms with Crippen LogP contribution in [0.1, 0.15) is 24.8 Å². The molecule has 0 aliphatic rings. The van der Waals surface area contributed by atoms with Crippen LogP contribution in [0.4, 0.5) is 8.78 Å². The van der Waals surface area contributed by atoms with Gasteiger partial charge < -0.3 is 5.32 Å². The van der Waals surface area contributed by atoms with Crippen molar-refractivity contribution in [3.8, 4) is 0 Å².